The molecule has 0 saturated heterocycles. The molecule has 8 heteroatoms. The predicted octanol–water partition coefficient (Wildman–Crippen LogP) is 2.12. The Balaban J connectivity index is 2.71. The highest BCUT2D eigenvalue weighted by molar-refractivity contribution is 9.10. The Morgan fingerprint density at radius 3 is 2.71 bits per heavy atom. The topological polar surface area (TPSA) is 47.8 Å². The Kier molecular flexibility index (Phi) is 2.90. The number of hydrogen-bond acceptors (Lipinski definition) is 3. The molecule has 2 rings (SSSR count). The van der Waals surface area contributed by atoms with Crippen LogP contribution in [0.25, 0.3) is 11.2 Å². The molecule has 2 heterocycles. The van der Waals surface area contributed by atoms with Gasteiger partial charge in [0.05, 0.1) is 6.20 Å². The van der Waals surface area contributed by atoms with E-state index in [2.05, 4.69) is 25.9 Å². The predicted molar refractivity (Wildman–Crippen MR) is 57.6 cm³/mol. The van der Waals surface area contributed by atoms with E-state index in [0.29, 0.717) is 9.17 Å². The fourth-order valence-electron chi connectivity index (χ4n) is 1.35. The minimum Gasteiger partial charge on any atom is -0.281 e. The summed E-state index contributed by atoms with van der Waals surface area (Å²) in [4.78, 5) is 18.9. The average Bonchev–Trinajstić information content (AvgIpc) is 2.21. The molecule has 0 aliphatic heterocycles. The Hall–Kier alpha value is -1.44. The second-order valence-corrected chi connectivity index (χ2v) is 4.09. The van der Waals surface area contributed by atoms with Gasteiger partial charge in [-0.3, -0.25) is 9.36 Å². The van der Waals surface area contributed by atoms with Gasteiger partial charge >= 0.3 is 6.18 Å². The minimum absolute atomic E-state index is 0.0933. The van der Waals surface area contributed by atoms with Crippen LogP contribution in [0.1, 0.15) is 0 Å². The highest BCUT2D eigenvalue weighted by Gasteiger charge is 2.29. The van der Waals surface area contributed by atoms with Crippen LogP contribution in [0.3, 0.4) is 0 Å². The monoisotopic (exact) mass is 307 g/mol. The zero-order valence-corrected chi connectivity index (χ0v) is 9.79. The van der Waals surface area contributed by atoms with Gasteiger partial charge in [0.25, 0.3) is 5.56 Å². The van der Waals surface area contributed by atoms with E-state index in [1.54, 1.807) is 0 Å². The van der Waals surface area contributed by atoms with Crippen molar-refractivity contribution in [2.75, 3.05) is 0 Å². The molecule has 0 aromatic carbocycles. The van der Waals surface area contributed by atoms with E-state index in [0.717, 1.165) is 6.20 Å². The van der Waals surface area contributed by atoms with E-state index in [9.17, 15) is 18.0 Å². The van der Waals surface area contributed by atoms with Gasteiger partial charge in [0.2, 0.25) is 0 Å². The minimum atomic E-state index is -4.48. The molecule has 0 aliphatic carbocycles. The van der Waals surface area contributed by atoms with Crippen molar-refractivity contribution in [1.82, 2.24) is 14.5 Å². The molecule has 17 heavy (non-hydrogen) atoms. The largest absolute Gasteiger partial charge is 0.406 e. The van der Waals surface area contributed by atoms with Crippen LogP contribution in [0, 0.1) is 0 Å². The van der Waals surface area contributed by atoms with Crippen molar-refractivity contribution in [3.8, 4) is 0 Å². The quantitative estimate of drug-likeness (QED) is 0.758. The lowest BCUT2D eigenvalue weighted by Gasteiger charge is -2.11. The average molecular weight is 308 g/mol. The fraction of sp³-hybridized carbons (Fsp3) is 0.222. The first kappa shape index (κ1) is 12.0. The number of rotatable bonds is 1. The first-order valence-corrected chi connectivity index (χ1v) is 5.25. The molecule has 0 amide bonds. The molecule has 0 unspecified atom stereocenters. The van der Waals surface area contributed by atoms with Gasteiger partial charge in [0.15, 0.2) is 5.65 Å². The van der Waals surface area contributed by atoms with Crippen LogP contribution in [-0.2, 0) is 6.54 Å². The van der Waals surface area contributed by atoms with Gasteiger partial charge in [-0.05, 0) is 28.1 Å². The van der Waals surface area contributed by atoms with Gasteiger partial charge in [0.1, 0.15) is 16.7 Å². The fourth-order valence-corrected chi connectivity index (χ4v) is 1.65. The van der Waals surface area contributed by atoms with Crippen LogP contribution >= 0.6 is 15.9 Å². The van der Waals surface area contributed by atoms with Gasteiger partial charge in [-0.25, -0.2) is 9.97 Å². The van der Waals surface area contributed by atoms with Gasteiger partial charge in [-0.1, -0.05) is 0 Å². The molecule has 0 N–H and O–H groups in total. The van der Waals surface area contributed by atoms with E-state index in [4.69, 9.17) is 0 Å². The zero-order chi connectivity index (χ0) is 12.6. The molecule has 2 aromatic heterocycles. The summed E-state index contributed by atoms with van der Waals surface area (Å²) in [6.45, 7) is -1.38. The third-order valence-corrected chi connectivity index (χ3v) is 2.44. The molecule has 0 bridgehead atoms. The summed E-state index contributed by atoms with van der Waals surface area (Å²) in [7, 11) is 0. The van der Waals surface area contributed by atoms with E-state index < -0.39 is 18.3 Å². The van der Waals surface area contributed by atoms with Gasteiger partial charge < -0.3 is 0 Å². The summed E-state index contributed by atoms with van der Waals surface area (Å²) in [6.07, 6.45) is -3.63. The second kappa shape index (κ2) is 4.10. The summed E-state index contributed by atoms with van der Waals surface area (Å²) in [5.74, 6) is 0. The second-order valence-electron chi connectivity index (χ2n) is 3.27. The van der Waals surface area contributed by atoms with Crippen molar-refractivity contribution in [2.24, 2.45) is 0 Å². The SMILES string of the molecule is O=c1cnc2ccc(Br)nc2n1CC(F)(F)F. The van der Waals surface area contributed by atoms with Crippen molar-refractivity contribution >= 4 is 27.1 Å². The van der Waals surface area contributed by atoms with Crippen molar-refractivity contribution in [2.45, 2.75) is 12.7 Å². The molecule has 4 nitrogen and oxygen atoms in total. The van der Waals surface area contributed by atoms with Gasteiger partial charge in [-0.2, -0.15) is 13.2 Å². The summed E-state index contributed by atoms with van der Waals surface area (Å²) >= 11 is 3.04. The Labute approximate surface area is 101 Å². The van der Waals surface area contributed by atoms with Crippen molar-refractivity contribution in [3.05, 3.63) is 33.3 Å². The summed E-state index contributed by atoms with van der Waals surface area (Å²) in [5, 5.41) is 0. The molecular weight excluding hydrogens is 303 g/mol. The smallest absolute Gasteiger partial charge is 0.281 e. The Morgan fingerprint density at radius 1 is 1.35 bits per heavy atom. The maximum atomic E-state index is 12.3. The Bertz CT molecular complexity index is 623. The van der Waals surface area contributed by atoms with Gasteiger partial charge in [-0.15, -0.1) is 0 Å². The van der Waals surface area contributed by atoms with Crippen molar-refractivity contribution < 1.29 is 13.2 Å². The van der Waals surface area contributed by atoms with Crippen LogP contribution < -0.4 is 5.56 Å². The molecule has 0 atom stereocenters. The molecule has 0 aliphatic rings. The maximum absolute atomic E-state index is 12.3. The highest BCUT2D eigenvalue weighted by atomic mass is 79.9. The maximum Gasteiger partial charge on any atom is 0.406 e. The molecule has 0 fully saturated rings. The van der Waals surface area contributed by atoms with E-state index >= 15 is 0 Å². The standard InChI is InChI=1S/C9H5BrF3N3O/c10-6-2-1-5-8(15-6)16(4-9(11,12)13)7(17)3-14-5/h1-3H,4H2. The number of fused-ring (bicyclic) bond motifs is 1. The molecule has 0 spiro atoms. The normalized spacial score (nSPS) is 12.0. The first-order valence-electron chi connectivity index (χ1n) is 4.46. The van der Waals surface area contributed by atoms with E-state index in [-0.39, 0.29) is 11.2 Å². The number of hydrogen-bond donors (Lipinski definition) is 0. The third kappa shape index (κ3) is 2.63. The number of halogens is 4. The van der Waals surface area contributed by atoms with Crippen molar-refractivity contribution in [1.29, 1.82) is 0 Å². The number of aromatic nitrogens is 3. The number of nitrogens with zero attached hydrogens (tertiary/aromatic N) is 3. The van der Waals surface area contributed by atoms with Crippen molar-refractivity contribution in [3.63, 3.8) is 0 Å². The lowest BCUT2D eigenvalue weighted by molar-refractivity contribution is -0.140. The number of alkyl halides is 3. The third-order valence-electron chi connectivity index (χ3n) is 1.99. The number of pyridine rings is 1. The molecule has 90 valence electrons. The lowest BCUT2D eigenvalue weighted by atomic mass is 10.4. The van der Waals surface area contributed by atoms with Crippen LogP contribution in [0.2, 0.25) is 0 Å². The molecule has 2 aromatic rings. The Morgan fingerprint density at radius 2 is 2.06 bits per heavy atom. The van der Waals surface area contributed by atoms with E-state index in [1.165, 1.54) is 12.1 Å². The van der Waals surface area contributed by atoms with E-state index in [1.807, 2.05) is 0 Å². The molecular formula is C9H5BrF3N3O. The van der Waals surface area contributed by atoms with Crippen LogP contribution in [0.15, 0.2) is 27.7 Å². The summed E-state index contributed by atoms with van der Waals surface area (Å²) in [5.41, 5.74) is -0.693. The molecule has 0 saturated carbocycles. The van der Waals surface area contributed by atoms with Crippen LogP contribution in [-0.4, -0.2) is 20.7 Å². The lowest BCUT2D eigenvalue weighted by Crippen LogP contribution is -2.28. The van der Waals surface area contributed by atoms with Crippen LogP contribution in [0.5, 0.6) is 0 Å². The van der Waals surface area contributed by atoms with Crippen LogP contribution in [0.4, 0.5) is 13.2 Å². The first-order chi connectivity index (χ1) is 7.87. The van der Waals surface area contributed by atoms with Gasteiger partial charge in [0, 0.05) is 0 Å². The highest BCUT2D eigenvalue weighted by Crippen LogP contribution is 2.19. The summed E-state index contributed by atoms with van der Waals surface area (Å²) < 4.78 is 37.9. The molecule has 0 radical (unpaired) electrons. The summed E-state index contributed by atoms with van der Waals surface area (Å²) in [6, 6.07) is 3.02. The zero-order valence-electron chi connectivity index (χ0n) is 8.20.